The molecule has 4 aromatic carbocycles. The Labute approximate surface area is 214 Å². The highest BCUT2D eigenvalue weighted by Crippen LogP contribution is 2.37. The van der Waals surface area contributed by atoms with E-state index in [4.69, 9.17) is 0 Å². The van der Waals surface area contributed by atoms with Crippen LogP contribution in [-0.4, -0.2) is 42.3 Å². The van der Waals surface area contributed by atoms with Crippen LogP contribution in [0.1, 0.15) is 21.5 Å². The van der Waals surface area contributed by atoms with E-state index in [2.05, 4.69) is 5.32 Å². The lowest BCUT2D eigenvalue weighted by Crippen LogP contribution is -2.52. The minimum absolute atomic E-state index is 0.0865. The monoisotopic (exact) mass is 495 g/mol. The second-order valence-electron chi connectivity index (χ2n) is 9.04. The lowest BCUT2D eigenvalue weighted by molar-refractivity contribution is -0.140. The maximum atomic E-state index is 13.9. The van der Waals surface area contributed by atoms with Crippen LogP contribution in [0.25, 0.3) is 10.8 Å². The van der Waals surface area contributed by atoms with Crippen molar-refractivity contribution in [3.63, 3.8) is 0 Å². The van der Waals surface area contributed by atoms with Crippen molar-refractivity contribution in [1.82, 2.24) is 10.2 Å². The van der Waals surface area contributed by atoms with Crippen LogP contribution in [0.5, 0.6) is 0 Å². The maximum Gasteiger partial charge on any atom is 0.259 e. The highest BCUT2D eigenvalue weighted by Gasteiger charge is 2.35. The summed E-state index contributed by atoms with van der Waals surface area (Å²) in [4.78, 5) is 43.3. The van der Waals surface area contributed by atoms with Gasteiger partial charge in [-0.15, -0.1) is 0 Å². The Hall–Kier alpha value is -4.52. The van der Waals surface area contributed by atoms with Gasteiger partial charge in [-0.05, 0) is 40.8 Å². The number of carbonyl (C=O) groups is 3. The van der Waals surface area contributed by atoms with Crippen molar-refractivity contribution in [3.8, 4) is 0 Å². The van der Waals surface area contributed by atoms with Gasteiger partial charge in [0.2, 0.25) is 11.8 Å². The molecule has 7 heteroatoms. The summed E-state index contributed by atoms with van der Waals surface area (Å²) in [7, 11) is 1.53. The molecular formula is C30H26FN3O3. The Bertz CT molecular complexity index is 1470. The molecule has 4 aromatic rings. The van der Waals surface area contributed by atoms with Gasteiger partial charge in [-0.2, -0.15) is 0 Å². The van der Waals surface area contributed by atoms with Crippen LogP contribution in [0.2, 0.25) is 0 Å². The Balaban J connectivity index is 1.50. The van der Waals surface area contributed by atoms with Gasteiger partial charge in [-0.1, -0.05) is 66.7 Å². The van der Waals surface area contributed by atoms with Crippen LogP contribution in [-0.2, 0) is 22.6 Å². The molecule has 1 heterocycles. The fraction of sp³-hybridized carbons (Fsp3) is 0.167. The minimum Gasteiger partial charge on any atom is -0.357 e. The van der Waals surface area contributed by atoms with Gasteiger partial charge >= 0.3 is 0 Å². The highest BCUT2D eigenvalue weighted by atomic mass is 19.1. The van der Waals surface area contributed by atoms with Gasteiger partial charge in [-0.25, -0.2) is 4.39 Å². The second kappa shape index (κ2) is 10.2. The second-order valence-corrected chi connectivity index (χ2v) is 9.04. The number of amides is 3. The van der Waals surface area contributed by atoms with Crippen LogP contribution >= 0.6 is 0 Å². The van der Waals surface area contributed by atoms with E-state index in [1.54, 1.807) is 18.2 Å². The predicted molar refractivity (Wildman–Crippen MR) is 141 cm³/mol. The van der Waals surface area contributed by atoms with Crippen molar-refractivity contribution in [3.05, 3.63) is 114 Å². The van der Waals surface area contributed by atoms with Crippen molar-refractivity contribution in [1.29, 1.82) is 0 Å². The standard InChI is InChI=1S/C30H26FN3O3/c1-32-29(36)26(17-20-7-3-2-4-8-20)33(18-21-13-15-23(31)16-14-21)27(35)19-34-25-12-6-10-22-9-5-11-24(28(22)25)30(34)37/h2-16,26H,17-19H2,1H3,(H,32,36)/t26-/m1/s1. The van der Waals surface area contributed by atoms with Gasteiger partial charge in [0.15, 0.2) is 0 Å². The Morgan fingerprint density at radius 2 is 1.59 bits per heavy atom. The lowest BCUT2D eigenvalue weighted by atomic mass is 10.0. The van der Waals surface area contributed by atoms with Crippen LogP contribution < -0.4 is 10.2 Å². The van der Waals surface area contributed by atoms with Crippen LogP contribution in [0.4, 0.5) is 10.1 Å². The van der Waals surface area contributed by atoms with Crippen LogP contribution in [0.15, 0.2) is 91.0 Å². The van der Waals surface area contributed by atoms with E-state index in [9.17, 15) is 18.8 Å². The topological polar surface area (TPSA) is 69.7 Å². The van der Waals surface area contributed by atoms with Gasteiger partial charge < -0.3 is 10.2 Å². The van der Waals surface area contributed by atoms with E-state index >= 15 is 0 Å². The largest absolute Gasteiger partial charge is 0.357 e. The van der Waals surface area contributed by atoms with E-state index in [-0.39, 0.29) is 43.0 Å². The predicted octanol–water partition coefficient (Wildman–Crippen LogP) is 4.33. The van der Waals surface area contributed by atoms with Crippen LogP contribution in [0.3, 0.4) is 0 Å². The molecule has 0 spiro atoms. The average Bonchev–Trinajstić information content (AvgIpc) is 3.19. The van der Waals surface area contributed by atoms with Gasteiger partial charge in [0.05, 0.1) is 5.69 Å². The molecule has 0 radical (unpaired) electrons. The van der Waals surface area contributed by atoms with E-state index in [1.807, 2.05) is 60.7 Å². The first-order valence-corrected chi connectivity index (χ1v) is 12.1. The zero-order valence-electron chi connectivity index (χ0n) is 20.4. The Morgan fingerprint density at radius 1 is 0.892 bits per heavy atom. The molecule has 0 fully saturated rings. The van der Waals surface area contributed by atoms with E-state index in [1.165, 1.54) is 29.0 Å². The fourth-order valence-corrected chi connectivity index (χ4v) is 4.87. The molecule has 1 aliphatic rings. The molecule has 0 aliphatic carbocycles. The number of nitrogens with one attached hydrogen (secondary N) is 1. The maximum absolute atomic E-state index is 13.9. The van der Waals surface area contributed by atoms with Gasteiger partial charge in [0.25, 0.3) is 5.91 Å². The number of hydrogen-bond donors (Lipinski definition) is 1. The van der Waals surface area contributed by atoms with Crippen molar-refractivity contribution in [2.75, 3.05) is 18.5 Å². The summed E-state index contributed by atoms with van der Waals surface area (Å²) in [6.07, 6.45) is 0.289. The summed E-state index contributed by atoms with van der Waals surface area (Å²) in [5, 5.41) is 4.42. The molecule has 1 N–H and O–H groups in total. The Morgan fingerprint density at radius 3 is 2.30 bits per heavy atom. The summed E-state index contributed by atoms with van der Waals surface area (Å²) in [6.45, 7) is -0.140. The highest BCUT2D eigenvalue weighted by molar-refractivity contribution is 6.26. The molecule has 186 valence electrons. The molecule has 0 saturated heterocycles. The molecule has 37 heavy (non-hydrogen) atoms. The summed E-state index contributed by atoms with van der Waals surface area (Å²) >= 11 is 0. The first kappa shape index (κ1) is 24.2. The van der Waals surface area contributed by atoms with Gasteiger partial charge in [0, 0.05) is 31.0 Å². The third-order valence-electron chi connectivity index (χ3n) is 6.73. The zero-order chi connectivity index (χ0) is 25.9. The number of rotatable bonds is 8. The smallest absolute Gasteiger partial charge is 0.259 e. The number of nitrogens with zero attached hydrogens (tertiary/aromatic N) is 2. The van der Waals surface area contributed by atoms with Crippen molar-refractivity contribution in [2.24, 2.45) is 0 Å². The molecule has 0 unspecified atom stereocenters. The number of carbonyl (C=O) groups excluding carboxylic acids is 3. The third kappa shape index (κ3) is 4.80. The number of benzene rings is 4. The average molecular weight is 496 g/mol. The first-order valence-electron chi connectivity index (χ1n) is 12.1. The third-order valence-corrected chi connectivity index (χ3v) is 6.73. The van der Waals surface area contributed by atoms with Gasteiger partial charge in [-0.3, -0.25) is 19.3 Å². The quantitative estimate of drug-likeness (QED) is 0.396. The zero-order valence-corrected chi connectivity index (χ0v) is 20.4. The number of halogens is 1. The summed E-state index contributed by atoms with van der Waals surface area (Å²) < 4.78 is 13.6. The van der Waals surface area contributed by atoms with Crippen molar-refractivity contribution < 1.29 is 18.8 Å². The molecule has 1 atom stereocenters. The number of likely N-dealkylation sites (N-methyl/N-ethyl adjacent to an activating group) is 1. The van der Waals surface area contributed by atoms with Crippen molar-refractivity contribution in [2.45, 2.75) is 19.0 Å². The first-order chi connectivity index (χ1) is 18.0. The molecule has 0 saturated carbocycles. The minimum atomic E-state index is -0.833. The molecule has 0 bridgehead atoms. The van der Waals surface area contributed by atoms with Crippen LogP contribution in [0, 0.1) is 5.82 Å². The normalized spacial score (nSPS) is 13.0. The summed E-state index contributed by atoms with van der Waals surface area (Å²) in [5.41, 5.74) is 2.79. The van der Waals surface area contributed by atoms with E-state index in [0.29, 0.717) is 16.8 Å². The summed E-state index contributed by atoms with van der Waals surface area (Å²) in [6, 6.07) is 25.6. The number of anilines is 1. The lowest BCUT2D eigenvalue weighted by Gasteiger charge is -2.32. The molecule has 5 rings (SSSR count). The SMILES string of the molecule is CNC(=O)[C@@H](Cc1ccccc1)N(Cc1ccc(F)cc1)C(=O)CN1C(=O)c2cccc3cccc1c23. The molecule has 0 aromatic heterocycles. The van der Waals surface area contributed by atoms with E-state index < -0.39 is 6.04 Å². The molecule has 1 aliphatic heterocycles. The molecule has 6 nitrogen and oxygen atoms in total. The molecule has 3 amide bonds. The molecular weight excluding hydrogens is 469 g/mol. The van der Waals surface area contributed by atoms with Gasteiger partial charge in [0.1, 0.15) is 18.4 Å². The van der Waals surface area contributed by atoms with Crippen molar-refractivity contribution >= 4 is 34.2 Å². The fourth-order valence-electron chi connectivity index (χ4n) is 4.87. The number of hydrogen-bond acceptors (Lipinski definition) is 3. The van der Waals surface area contributed by atoms with E-state index in [0.717, 1.165) is 16.3 Å². The Kier molecular flexibility index (Phi) is 6.68. The summed E-state index contributed by atoms with van der Waals surface area (Å²) in [5.74, 6) is -1.34.